The first-order valence-corrected chi connectivity index (χ1v) is 8.87. The van der Waals surface area contributed by atoms with Gasteiger partial charge >= 0.3 is 0 Å². The fraction of sp³-hybridized carbons (Fsp3) is 0.941. The SMILES string of the molecule is Cl.O=C(NCC1(CCO)CCCC1)C1CC2CCCCC2N1. The molecule has 3 fully saturated rings. The molecule has 2 aliphatic carbocycles. The van der Waals surface area contributed by atoms with Gasteiger partial charge in [-0.05, 0) is 49.9 Å². The Morgan fingerprint density at radius 2 is 1.91 bits per heavy atom. The Morgan fingerprint density at radius 3 is 2.59 bits per heavy atom. The van der Waals surface area contributed by atoms with E-state index in [9.17, 15) is 9.90 Å². The van der Waals surface area contributed by atoms with Gasteiger partial charge in [0, 0.05) is 19.2 Å². The number of nitrogens with one attached hydrogen (secondary N) is 2. The lowest BCUT2D eigenvalue weighted by molar-refractivity contribution is -0.123. The predicted octanol–water partition coefficient (Wildman–Crippen LogP) is 2.39. The minimum Gasteiger partial charge on any atom is -0.396 e. The molecule has 3 rings (SSSR count). The summed E-state index contributed by atoms with van der Waals surface area (Å²) in [5.74, 6) is 0.904. The number of aliphatic hydroxyl groups is 1. The van der Waals surface area contributed by atoms with E-state index in [0.717, 1.165) is 32.2 Å². The van der Waals surface area contributed by atoms with Crippen LogP contribution in [0.25, 0.3) is 0 Å². The summed E-state index contributed by atoms with van der Waals surface area (Å²) in [7, 11) is 0. The number of carbonyl (C=O) groups is 1. The molecule has 0 aromatic carbocycles. The van der Waals surface area contributed by atoms with Crippen molar-refractivity contribution in [2.75, 3.05) is 13.2 Å². The molecule has 22 heavy (non-hydrogen) atoms. The average molecular weight is 331 g/mol. The van der Waals surface area contributed by atoms with Crippen LogP contribution in [-0.4, -0.2) is 36.2 Å². The van der Waals surface area contributed by atoms with Crippen LogP contribution in [0.15, 0.2) is 0 Å². The molecule has 3 atom stereocenters. The van der Waals surface area contributed by atoms with Gasteiger partial charge in [0.1, 0.15) is 0 Å². The van der Waals surface area contributed by atoms with Crippen LogP contribution in [0.1, 0.15) is 64.2 Å². The van der Waals surface area contributed by atoms with Gasteiger partial charge in [0.25, 0.3) is 0 Å². The summed E-state index contributed by atoms with van der Waals surface area (Å²) in [4.78, 5) is 12.5. The highest BCUT2D eigenvalue weighted by molar-refractivity contribution is 5.85. The van der Waals surface area contributed by atoms with Crippen LogP contribution in [0, 0.1) is 11.3 Å². The molecule has 5 heteroatoms. The summed E-state index contributed by atoms with van der Waals surface area (Å²) >= 11 is 0. The summed E-state index contributed by atoms with van der Waals surface area (Å²) in [6.07, 6.45) is 11.8. The van der Waals surface area contributed by atoms with Crippen molar-refractivity contribution in [2.24, 2.45) is 11.3 Å². The number of aliphatic hydroxyl groups excluding tert-OH is 1. The first-order chi connectivity index (χ1) is 10.2. The van der Waals surface area contributed by atoms with E-state index in [4.69, 9.17) is 0 Å². The van der Waals surface area contributed by atoms with Gasteiger partial charge in [-0.2, -0.15) is 0 Å². The number of rotatable bonds is 5. The first-order valence-electron chi connectivity index (χ1n) is 8.87. The van der Waals surface area contributed by atoms with Crippen molar-refractivity contribution in [3.63, 3.8) is 0 Å². The van der Waals surface area contributed by atoms with Crippen LogP contribution in [0.5, 0.6) is 0 Å². The maximum absolute atomic E-state index is 12.5. The van der Waals surface area contributed by atoms with Crippen LogP contribution in [0.2, 0.25) is 0 Å². The largest absolute Gasteiger partial charge is 0.396 e. The van der Waals surface area contributed by atoms with E-state index in [1.54, 1.807) is 0 Å². The van der Waals surface area contributed by atoms with Gasteiger partial charge in [0.15, 0.2) is 0 Å². The Morgan fingerprint density at radius 1 is 1.18 bits per heavy atom. The topological polar surface area (TPSA) is 61.4 Å². The Kier molecular flexibility index (Phi) is 6.54. The molecule has 1 aliphatic heterocycles. The zero-order valence-corrected chi connectivity index (χ0v) is 14.3. The summed E-state index contributed by atoms with van der Waals surface area (Å²) in [6.45, 7) is 0.988. The summed E-state index contributed by atoms with van der Waals surface area (Å²) in [5.41, 5.74) is 0.162. The van der Waals surface area contributed by atoms with Gasteiger partial charge in [-0.1, -0.05) is 25.7 Å². The number of hydrogen-bond donors (Lipinski definition) is 3. The second-order valence-electron chi connectivity index (χ2n) is 7.50. The quantitative estimate of drug-likeness (QED) is 0.725. The number of amides is 1. The number of carbonyl (C=O) groups excluding carboxylic acids is 1. The molecule has 0 bridgehead atoms. The molecular weight excluding hydrogens is 300 g/mol. The zero-order chi connectivity index (χ0) is 14.7. The molecule has 0 aromatic rings. The second kappa shape index (κ2) is 7.98. The predicted molar refractivity (Wildman–Crippen MR) is 90.1 cm³/mol. The van der Waals surface area contributed by atoms with Crippen molar-refractivity contribution in [3.05, 3.63) is 0 Å². The van der Waals surface area contributed by atoms with Crippen LogP contribution in [-0.2, 0) is 4.79 Å². The molecule has 0 radical (unpaired) electrons. The van der Waals surface area contributed by atoms with Crippen molar-refractivity contribution in [3.8, 4) is 0 Å². The van der Waals surface area contributed by atoms with Gasteiger partial charge < -0.3 is 15.7 Å². The van der Waals surface area contributed by atoms with E-state index in [-0.39, 0.29) is 36.4 Å². The highest BCUT2D eigenvalue weighted by Crippen LogP contribution is 2.40. The van der Waals surface area contributed by atoms with Crippen molar-refractivity contribution in [1.29, 1.82) is 0 Å². The van der Waals surface area contributed by atoms with E-state index < -0.39 is 0 Å². The van der Waals surface area contributed by atoms with Gasteiger partial charge in [-0.3, -0.25) is 4.79 Å². The summed E-state index contributed by atoms with van der Waals surface area (Å²) < 4.78 is 0. The molecular formula is C17H31ClN2O2. The van der Waals surface area contributed by atoms with Gasteiger partial charge in [-0.15, -0.1) is 12.4 Å². The highest BCUT2D eigenvalue weighted by atomic mass is 35.5. The minimum atomic E-state index is 0. The average Bonchev–Trinajstić information content (AvgIpc) is 3.12. The van der Waals surface area contributed by atoms with Crippen molar-refractivity contribution >= 4 is 18.3 Å². The monoisotopic (exact) mass is 330 g/mol. The lowest BCUT2D eigenvalue weighted by atomic mass is 9.82. The molecule has 0 aromatic heterocycles. The fourth-order valence-corrected chi connectivity index (χ4v) is 4.80. The van der Waals surface area contributed by atoms with Crippen molar-refractivity contribution in [2.45, 2.75) is 76.3 Å². The van der Waals surface area contributed by atoms with E-state index in [1.165, 1.54) is 38.5 Å². The van der Waals surface area contributed by atoms with Crippen LogP contribution < -0.4 is 10.6 Å². The Balaban J connectivity index is 0.00000176. The lowest BCUT2D eigenvalue weighted by Crippen LogP contribution is -2.46. The van der Waals surface area contributed by atoms with E-state index in [2.05, 4.69) is 10.6 Å². The van der Waals surface area contributed by atoms with E-state index in [0.29, 0.717) is 12.0 Å². The molecule has 0 spiro atoms. The maximum atomic E-state index is 12.5. The third kappa shape index (κ3) is 3.95. The zero-order valence-electron chi connectivity index (χ0n) is 13.5. The number of halogens is 1. The van der Waals surface area contributed by atoms with E-state index in [1.807, 2.05) is 0 Å². The van der Waals surface area contributed by atoms with Gasteiger partial charge in [-0.25, -0.2) is 0 Å². The third-order valence-corrected chi connectivity index (χ3v) is 6.12. The Bertz CT molecular complexity index is 358. The summed E-state index contributed by atoms with van der Waals surface area (Å²) in [5, 5.41) is 16.0. The molecule has 1 amide bonds. The van der Waals surface area contributed by atoms with E-state index >= 15 is 0 Å². The third-order valence-electron chi connectivity index (χ3n) is 6.12. The van der Waals surface area contributed by atoms with Crippen molar-refractivity contribution in [1.82, 2.24) is 10.6 Å². The molecule has 4 nitrogen and oxygen atoms in total. The van der Waals surface area contributed by atoms with Gasteiger partial charge in [0.2, 0.25) is 5.91 Å². The number of hydrogen-bond acceptors (Lipinski definition) is 3. The molecule has 3 unspecified atom stereocenters. The van der Waals surface area contributed by atoms with Crippen LogP contribution >= 0.6 is 12.4 Å². The normalized spacial score (nSPS) is 33.0. The van der Waals surface area contributed by atoms with Crippen molar-refractivity contribution < 1.29 is 9.90 Å². The standard InChI is InChI=1S/C17H30N2O2.ClH/c20-10-9-17(7-3-4-8-17)12-18-16(21)15-11-13-5-1-2-6-14(13)19-15;/h13-15,19-20H,1-12H2,(H,18,21);1H. The second-order valence-corrected chi connectivity index (χ2v) is 7.50. The Hall–Kier alpha value is -0.320. The maximum Gasteiger partial charge on any atom is 0.237 e. The smallest absolute Gasteiger partial charge is 0.237 e. The Labute approximate surface area is 140 Å². The van der Waals surface area contributed by atoms with Gasteiger partial charge in [0.05, 0.1) is 6.04 Å². The molecule has 2 saturated carbocycles. The number of fused-ring (bicyclic) bond motifs is 1. The summed E-state index contributed by atoms with van der Waals surface area (Å²) in [6, 6.07) is 0.595. The molecule has 3 aliphatic rings. The molecule has 128 valence electrons. The molecule has 1 heterocycles. The lowest BCUT2D eigenvalue weighted by Gasteiger charge is -2.29. The van der Waals surface area contributed by atoms with Crippen LogP contribution in [0.3, 0.4) is 0 Å². The minimum absolute atomic E-state index is 0. The molecule has 3 N–H and O–H groups in total. The highest BCUT2D eigenvalue weighted by Gasteiger charge is 2.39. The molecule has 1 saturated heterocycles. The first kappa shape index (κ1) is 18.0. The van der Waals surface area contributed by atoms with Crippen LogP contribution in [0.4, 0.5) is 0 Å². The fourth-order valence-electron chi connectivity index (χ4n) is 4.80.